The highest BCUT2D eigenvalue weighted by Crippen LogP contribution is 2.35. The maximum Gasteiger partial charge on any atom is 0.407 e. The number of benzene rings is 3. The van der Waals surface area contributed by atoms with Crippen LogP contribution in [-0.2, 0) is 11.3 Å². The molecule has 3 rings (SSSR count). The largest absolute Gasteiger partial charge is 0.444 e. The third-order valence-corrected chi connectivity index (χ3v) is 4.15. The summed E-state index contributed by atoms with van der Waals surface area (Å²) in [5.41, 5.74) is 1.51. The van der Waals surface area contributed by atoms with Crippen LogP contribution in [0.25, 0.3) is 10.8 Å². The number of fused-ring (bicyclic) bond motifs is 1. The molecule has 0 aromatic heterocycles. The molecule has 3 aromatic rings. The molecule has 0 spiro atoms. The molecule has 0 radical (unpaired) electrons. The molecule has 0 fully saturated rings. The van der Waals surface area contributed by atoms with Crippen LogP contribution in [0.1, 0.15) is 26.3 Å². The van der Waals surface area contributed by atoms with E-state index >= 15 is 0 Å². The first-order chi connectivity index (χ1) is 13.7. The number of nitrogens with zero attached hydrogens (tertiary/aromatic N) is 1. The van der Waals surface area contributed by atoms with Crippen molar-refractivity contribution in [2.45, 2.75) is 32.9 Å². The Morgan fingerprint density at radius 2 is 1.72 bits per heavy atom. The summed E-state index contributed by atoms with van der Waals surface area (Å²) in [7, 11) is 0. The van der Waals surface area contributed by atoms with Crippen LogP contribution in [0, 0.1) is 10.1 Å². The van der Waals surface area contributed by atoms with Gasteiger partial charge in [-0.1, -0.05) is 36.4 Å². The summed E-state index contributed by atoms with van der Waals surface area (Å²) in [6, 6.07) is 18.1. The van der Waals surface area contributed by atoms with Gasteiger partial charge >= 0.3 is 6.09 Å². The molecule has 29 heavy (non-hydrogen) atoms. The lowest BCUT2D eigenvalue weighted by Crippen LogP contribution is -2.32. The van der Waals surface area contributed by atoms with Crippen LogP contribution < -0.4 is 10.6 Å². The molecule has 3 aromatic carbocycles. The lowest BCUT2D eigenvalue weighted by molar-refractivity contribution is -0.382. The van der Waals surface area contributed by atoms with Gasteiger partial charge < -0.3 is 15.4 Å². The molecule has 0 aliphatic carbocycles. The number of hydrogen-bond acceptors (Lipinski definition) is 5. The second kappa shape index (κ2) is 8.18. The first-order valence-electron chi connectivity index (χ1n) is 9.22. The number of hydrogen-bond donors (Lipinski definition) is 2. The fourth-order valence-electron chi connectivity index (χ4n) is 2.90. The second-order valence-corrected chi connectivity index (χ2v) is 7.62. The molecule has 0 bridgehead atoms. The number of nitrogens with one attached hydrogen (secondary N) is 2. The first kappa shape index (κ1) is 20.1. The number of ether oxygens (including phenoxy) is 1. The number of amides is 1. The highest BCUT2D eigenvalue weighted by atomic mass is 16.6. The quantitative estimate of drug-likeness (QED) is 0.440. The van der Waals surface area contributed by atoms with E-state index in [0.717, 1.165) is 10.9 Å². The number of nitro groups is 1. The molecule has 150 valence electrons. The van der Waals surface area contributed by atoms with E-state index in [0.29, 0.717) is 23.3 Å². The molecule has 0 atom stereocenters. The van der Waals surface area contributed by atoms with E-state index < -0.39 is 11.7 Å². The average molecular weight is 393 g/mol. The van der Waals surface area contributed by atoms with Crippen LogP contribution >= 0.6 is 0 Å². The molecule has 1 amide bonds. The van der Waals surface area contributed by atoms with Gasteiger partial charge in [0.2, 0.25) is 0 Å². The van der Waals surface area contributed by atoms with Crippen molar-refractivity contribution in [3.8, 4) is 0 Å². The van der Waals surface area contributed by atoms with Crippen LogP contribution in [0.3, 0.4) is 0 Å². The van der Waals surface area contributed by atoms with Crippen LogP contribution in [0.2, 0.25) is 0 Å². The summed E-state index contributed by atoms with van der Waals surface area (Å²) in [4.78, 5) is 23.0. The average Bonchev–Trinajstić information content (AvgIpc) is 2.65. The Hall–Kier alpha value is -3.61. The predicted molar refractivity (Wildman–Crippen MR) is 113 cm³/mol. The Balaban J connectivity index is 1.72. The van der Waals surface area contributed by atoms with Gasteiger partial charge in [0, 0.05) is 12.2 Å². The number of anilines is 2. The normalized spacial score (nSPS) is 11.1. The second-order valence-electron chi connectivity index (χ2n) is 7.62. The van der Waals surface area contributed by atoms with Crippen molar-refractivity contribution in [3.05, 3.63) is 76.3 Å². The van der Waals surface area contributed by atoms with E-state index in [2.05, 4.69) is 10.6 Å². The van der Waals surface area contributed by atoms with Crippen molar-refractivity contribution < 1.29 is 14.5 Å². The number of nitro benzene ring substituents is 1. The zero-order valence-electron chi connectivity index (χ0n) is 16.6. The summed E-state index contributed by atoms with van der Waals surface area (Å²) in [6.07, 6.45) is -0.480. The molecule has 0 heterocycles. The fraction of sp³-hybridized carbons (Fsp3) is 0.227. The van der Waals surface area contributed by atoms with Gasteiger partial charge in [-0.2, -0.15) is 0 Å². The minimum Gasteiger partial charge on any atom is -0.444 e. The minimum atomic E-state index is -0.549. The van der Waals surface area contributed by atoms with Crippen molar-refractivity contribution in [2.75, 3.05) is 5.32 Å². The maximum absolute atomic E-state index is 11.7. The maximum atomic E-state index is 11.7. The molecule has 0 aliphatic heterocycles. The van der Waals surface area contributed by atoms with E-state index in [9.17, 15) is 14.9 Å². The van der Waals surface area contributed by atoms with Crippen LogP contribution in [0.5, 0.6) is 0 Å². The van der Waals surface area contributed by atoms with Crippen molar-refractivity contribution in [2.24, 2.45) is 0 Å². The van der Waals surface area contributed by atoms with Crippen molar-refractivity contribution in [1.29, 1.82) is 0 Å². The smallest absolute Gasteiger partial charge is 0.407 e. The Labute approximate surface area is 168 Å². The van der Waals surface area contributed by atoms with Gasteiger partial charge in [-0.3, -0.25) is 10.1 Å². The minimum absolute atomic E-state index is 0.0405. The summed E-state index contributed by atoms with van der Waals surface area (Å²) >= 11 is 0. The molecule has 7 nitrogen and oxygen atoms in total. The lowest BCUT2D eigenvalue weighted by atomic mass is 10.1. The highest BCUT2D eigenvalue weighted by Gasteiger charge is 2.18. The lowest BCUT2D eigenvalue weighted by Gasteiger charge is -2.19. The standard InChI is InChI=1S/C22H23N3O4/c1-22(2,3)29-21(26)23-14-15-8-11-17(12-9-15)24-19-13-10-16-6-4-5-7-18(16)20(19)25(27)28/h4-13,24H,14H2,1-3H3,(H,23,26). The molecule has 7 heteroatoms. The van der Waals surface area contributed by atoms with Gasteiger partial charge in [0.25, 0.3) is 5.69 Å². The molecule has 0 aliphatic rings. The Bertz CT molecular complexity index is 1040. The molecule has 0 saturated heterocycles. The Morgan fingerprint density at radius 3 is 2.38 bits per heavy atom. The molecule has 0 saturated carbocycles. The van der Waals surface area contributed by atoms with E-state index in [1.165, 1.54) is 0 Å². The van der Waals surface area contributed by atoms with Crippen molar-refractivity contribution in [3.63, 3.8) is 0 Å². The summed E-state index contributed by atoms with van der Waals surface area (Å²) in [5, 5.41) is 18.9. The van der Waals surface area contributed by atoms with Gasteiger partial charge in [0.1, 0.15) is 11.3 Å². The Kier molecular flexibility index (Phi) is 5.68. The summed E-state index contributed by atoms with van der Waals surface area (Å²) < 4.78 is 5.21. The Morgan fingerprint density at radius 1 is 1.03 bits per heavy atom. The van der Waals surface area contributed by atoms with Gasteiger partial charge in [-0.25, -0.2) is 4.79 Å². The van der Waals surface area contributed by atoms with Crippen LogP contribution in [0.4, 0.5) is 21.9 Å². The summed E-state index contributed by atoms with van der Waals surface area (Å²) in [6.45, 7) is 5.74. The predicted octanol–water partition coefficient (Wildman–Crippen LogP) is 5.52. The van der Waals surface area contributed by atoms with Gasteiger partial charge in [-0.15, -0.1) is 0 Å². The van der Waals surface area contributed by atoms with Crippen molar-refractivity contribution in [1.82, 2.24) is 5.32 Å². The third-order valence-electron chi connectivity index (χ3n) is 4.15. The van der Waals surface area contributed by atoms with E-state index in [4.69, 9.17) is 4.74 Å². The monoisotopic (exact) mass is 393 g/mol. The van der Waals surface area contributed by atoms with Crippen LogP contribution in [-0.4, -0.2) is 16.6 Å². The van der Waals surface area contributed by atoms with Gasteiger partial charge in [0.05, 0.1) is 10.3 Å². The molecule has 0 unspecified atom stereocenters. The van der Waals surface area contributed by atoms with Crippen LogP contribution in [0.15, 0.2) is 60.7 Å². The van der Waals surface area contributed by atoms with Gasteiger partial charge in [-0.05, 0) is 56.0 Å². The number of rotatable bonds is 5. The molecular weight excluding hydrogens is 370 g/mol. The van der Waals surface area contributed by atoms with E-state index in [1.807, 2.05) is 42.5 Å². The molecule has 2 N–H and O–H groups in total. The number of alkyl carbamates (subject to hydrolysis) is 1. The van der Waals surface area contributed by atoms with Crippen molar-refractivity contribution >= 4 is 33.9 Å². The van der Waals surface area contributed by atoms with E-state index in [-0.39, 0.29) is 10.6 Å². The third kappa shape index (κ3) is 5.22. The first-order valence-corrected chi connectivity index (χ1v) is 9.22. The molecular formula is C22H23N3O4. The number of carbonyl (C=O) groups is 1. The highest BCUT2D eigenvalue weighted by molar-refractivity contribution is 5.97. The summed E-state index contributed by atoms with van der Waals surface area (Å²) in [5.74, 6) is 0. The van der Waals surface area contributed by atoms with Gasteiger partial charge in [0.15, 0.2) is 0 Å². The fourth-order valence-corrected chi connectivity index (χ4v) is 2.90. The zero-order chi connectivity index (χ0) is 21.0. The topological polar surface area (TPSA) is 93.5 Å². The SMILES string of the molecule is CC(C)(C)OC(=O)NCc1ccc(Nc2ccc3ccccc3c2[N+](=O)[O-])cc1. The number of carbonyl (C=O) groups excluding carboxylic acids is 1. The zero-order valence-corrected chi connectivity index (χ0v) is 16.6. The van der Waals surface area contributed by atoms with E-state index in [1.54, 1.807) is 39.0 Å².